The van der Waals surface area contributed by atoms with Crippen molar-refractivity contribution in [2.75, 3.05) is 31.5 Å². The molecule has 1 N–H and O–H groups in total. The van der Waals surface area contributed by atoms with Crippen LogP contribution < -0.4 is 15.0 Å². The fourth-order valence-electron chi connectivity index (χ4n) is 3.28. The molecule has 168 valence electrons. The number of pyridine rings is 2. The number of aromatic nitrogens is 3. The number of nitrogens with zero attached hydrogens (tertiary/aromatic N) is 4. The van der Waals surface area contributed by atoms with Gasteiger partial charge in [0, 0.05) is 31.1 Å². The largest absolute Gasteiger partial charge is 0.497 e. The second-order valence-corrected chi connectivity index (χ2v) is 7.43. The first-order valence-corrected chi connectivity index (χ1v) is 10.2. The second-order valence-electron chi connectivity index (χ2n) is 7.02. The number of carbonyl (C=O) groups excluding carboxylic acids is 2. The number of carbonyl (C=O) groups is 2. The van der Waals surface area contributed by atoms with Gasteiger partial charge in [0.05, 0.1) is 42.4 Å². The lowest BCUT2D eigenvalue weighted by Gasteiger charge is -2.19. The molecule has 0 unspecified atom stereocenters. The zero-order valence-electron chi connectivity index (χ0n) is 18.1. The quantitative estimate of drug-likeness (QED) is 0.465. The number of nitrogens with one attached hydrogen (secondary N) is 1. The van der Waals surface area contributed by atoms with Crippen molar-refractivity contribution in [2.24, 2.45) is 0 Å². The molecule has 0 aliphatic rings. The summed E-state index contributed by atoms with van der Waals surface area (Å²) in [5, 5.41) is 2.93. The lowest BCUT2D eigenvalue weighted by Crippen LogP contribution is -2.26. The third-order valence-corrected chi connectivity index (χ3v) is 5.37. The van der Waals surface area contributed by atoms with Gasteiger partial charge < -0.3 is 14.4 Å². The van der Waals surface area contributed by atoms with E-state index in [4.69, 9.17) is 16.3 Å². The number of rotatable bonds is 5. The van der Waals surface area contributed by atoms with E-state index >= 15 is 0 Å². The minimum absolute atomic E-state index is 0.248. The van der Waals surface area contributed by atoms with Crippen LogP contribution in [0.4, 0.5) is 16.3 Å². The molecule has 0 saturated heterocycles. The molecule has 0 spiro atoms. The van der Waals surface area contributed by atoms with E-state index in [-0.39, 0.29) is 5.91 Å². The Kier molecular flexibility index (Phi) is 6.14. The Hall–Kier alpha value is -4.11. The molecule has 4 aromatic rings. The number of hydrogen-bond acceptors (Lipinski definition) is 6. The van der Waals surface area contributed by atoms with Gasteiger partial charge in [-0.2, -0.15) is 0 Å². The summed E-state index contributed by atoms with van der Waals surface area (Å²) in [6.07, 6.45) is 4.40. The zero-order valence-corrected chi connectivity index (χ0v) is 18.8. The van der Waals surface area contributed by atoms with Crippen molar-refractivity contribution >= 4 is 40.8 Å². The van der Waals surface area contributed by atoms with Crippen LogP contribution in [0.3, 0.4) is 0 Å². The molecule has 10 heteroatoms. The molecule has 0 saturated carbocycles. The van der Waals surface area contributed by atoms with E-state index in [1.807, 2.05) is 0 Å². The van der Waals surface area contributed by atoms with Gasteiger partial charge in [-0.3, -0.25) is 14.5 Å². The van der Waals surface area contributed by atoms with Gasteiger partial charge in [-0.25, -0.2) is 14.8 Å². The molecular weight excluding hydrogens is 446 g/mol. The fraction of sp³-hybridized carbons (Fsp3) is 0.130. The molecule has 1 aromatic carbocycles. The van der Waals surface area contributed by atoms with E-state index in [0.717, 1.165) is 11.3 Å². The summed E-state index contributed by atoms with van der Waals surface area (Å²) < 4.78 is 11.6. The number of anilines is 2. The van der Waals surface area contributed by atoms with Crippen LogP contribution in [-0.4, -0.2) is 47.6 Å². The van der Waals surface area contributed by atoms with Gasteiger partial charge in [0.25, 0.3) is 5.91 Å². The van der Waals surface area contributed by atoms with Gasteiger partial charge in [-0.05, 0) is 36.4 Å². The Morgan fingerprint density at radius 3 is 2.58 bits per heavy atom. The van der Waals surface area contributed by atoms with Gasteiger partial charge in [0.15, 0.2) is 0 Å². The smallest absolute Gasteiger partial charge is 0.412 e. The highest BCUT2D eigenvalue weighted by Crippen LogP contribution is 2.30. The summed E-state index contributed by atoms with van der Waals surface area (Å²) in [4.78, 5) is 34.7. The SMILES string of the molecule is COC(=O)Nc1ccc(-c2cnc3ccc(C(=O)N(C)c4cc(OC)ccc4Cl)cn23)cn1. The molecular formula is C23H20ClN5O4. The third kappa shape index (κ3) is 4.44. The first-order valence-electron chi connectivity index (χ1n) is 9.81. The molecule has 2 amide bonds. The van der Waals surface area contributed by atoms with Crippen LogP contribution in [0.2, 0.25) is 5.02 Å². The fourth-order valence-corrected chi connectivity index (χ4v) is 3.52. The van der Waals surface area contributed by atoms with Gasteiger partial charge in [-0.1, -0.05) is 11.6 Å². The van der Waals surface area contributed by atoms with Crippen molar-refractivity contribution in [1.82, 2.24) is 14.4 Å². The van der Waals surface area contributed by atoms with Crippen molar-refractivity contribution in [2.45, 2.75) is 0 Å². The summed E-state index contributed by atoms with van der Waals surface area (Å²) in [5.74, 6) is 0.702. The van der Waals surface area contributed by atoms with E-state index in [1.165, 1.54) is 12.0 Å². The van der Waals surface area contributed by atoms with Crippen molar-refractivity contribution in [3.05, 3.63) is 71.6 Å². The molecule has 0 atom stereocenters. The molecule has 0 fully saturated rings. The Labute approximate surface area is 194 Å². The van der Waals surface area contributed by atoms with Crippen LogP contribution in [0, 0.1) is 0 Å². The van der Waals surface area contributed by atoms with Crippen LogP contribution in [0.5, 0.6) is 5.75 Å². The van der Waals surface area contributed by atoms with Gasteiger partial charge in [-0.15, -0.1) is 0 Å². The predicted octanol–water partition coefficient (Wildman–Crippen LogP) is 4.51. The molecule has 0 aliphatic heterocycles. The molecule has 3 aromatic heterocycles. The summed E-state index contributed by atoms with van der Waals surface area (Å²) >= 11 is 6.31. The average molecular weight is 466 g/mol. The highest BCUT2D eigenvalue weighted by molar-refractivity contribution is 6.34. The van der Waals surface area contributed by atoms with Crippen LogP contribution in [0.25, 0.3) is 16.9 Å². The first kappa shape index (κ1) is 22.1. The normalized spacial score (nSPS) is 10.7. The van der Waals surface area contributed by atoms with E-state index in [2.05, 4.69) is 20.0 Å². The topological polar surface area (TPSA) is 98.1 Å². The van der Waals surface area contributed by atoms with E-state index < -0.39 is 6.09 Å². The number of hydrogen-bond donors (Lipinski definition) is 1. The third-order valence-electron chi connectivity index (χ3n) is 5.05. The van der Waals surface area contributed by atoms with Gasteiger partial charge >= 0.3 is 6.09 Å². The van der Waals surface area contributed by atoms with Crippen LogP contribution in [0.1, 0.15) is 10.4 Å². The predicted molar refractivity (Wildman–Crippen MR) is 125 cm³/mol. The molecule has 0 radical (unpaired) electrons. The Morgan fingerprint density at radius 2 is 1.88 bits per heavy atom. The van der Waals surface area contributed by atoms with Crippen molar-refractivity contribution in [3.8, 4) is 17.0 Å². The highest BCUT2D eigenvalue weighted by atomic mass is 35.5. The summed E-state index contributed by atoms with van der Waals surface area (Å²) in [6, 6.07) is 12.0. The number of methoxy groups -OCH3 is 2. The second kappa shape index (κ2) is 9.17. The molecule has 4 rings (SSSR count). The molecule has 33 heavy (non-hydrogen) atoms. The van der Waals surface area contributed by atoms with Crippen LogP contribution in [0.15, 0.2) is 61.1 Å². The maximum atomic E-state index is 13.2. The first-order chi connectivity index (χ1) is 15.9. The average Bonchev–Trinajstić information content (AvgIpc) is 3.27. The number of amides is 2. The zero-order chi connectivity index (χ0) is 23.5. The lowest BCUT2D eigenvalue weighted by atomic mass is 10.2. The minimum Gasteiger partial charge on any atom is -0.497 e. The van der Waals surface area contributed by atoms with Crippen molar-refractivity contribution in [3.63, 3.8) is 0 Å². The summed E-state index contributed by atoms with van der Waals surface area (Å²) in [6.45, 7) is 0. The Morgan fingerprint density at radius 1 is 1.06 bits per heavy atom. The Balaban J connectivity index is 1.65. The van der Waals surface area contributed by atoms with Crippen molar-refractivity contribution < 1.29 is 19.1 Å². The summed E-state index contributed by atoms with van der Waals surface area (Å²) in [7, 11) is 4.48. The standard InChI is InChI=1S/C23H20ClN5O4/c1-28(18-10-16(32-2)6-7-17(18)24)22(30)15-5-9-21-26-12-19(29(21)13-15)14-4-8-20(25-11-14)27-23(31)33-3/h4-13H,1-3H3,(H,25,27,31). The van der Waals surface area contributed by atoms with E-state index in [9.17, 15) is 9.59 Å². The maximum absolute atomic E-state index is 13.2. The van der Waals surface area contributed by atoms with Gasteiger partial charge in [0.2, 0.25) is 0 Å². The van der Waals surface area contributed by atoms with Crippen molar-refractivity contribution in [1.29, 1.82) is 0 Å². The number of benzene rings is 1. The number of fused-ring (bicyclic) bond motifs is 1. The number of imidazole rings is 1. The monoisotopic (exact) mass is 465 g/mol. The number of halogens is 1. The number of ether oxygens (including phenoxy) is 2. The lowest BCUT2D eigenvalue weighted by molar-refractivity contribution is 0.0992. The molecule has 0 bridgehead atoms. The van der Waals surface area contributed by atoms with E-state index in [0.29, 0.717) is 33.5 Å². The molecule has 9 nitrogen and oxygen atoms in total. The van der Waals surface area contributed by atoms with Crippen LogP contribution >= 0.6 is 11.6 Å². The summed E-state index contributed by atoms with van der Waals surface area (Å²) in [5.41, 5.74) is 3.14. The highest BCUT2D eigenvalue weighted by Gasteiger charge is 2.18. The minimum atomic E-state index is -0.603. The Bertz CT molecular complexity index is 1340. The van der Waals surface area contributed by atoms with Crippen LogP contribution in [-0.2, 0) is 4.74 Å². The van der Waals surface area contributed by atoms with E-state index in [1.54, 1.807) is 79.6 Å². The molecule has 0 aliphatic carbocycles. The van der Waals surface area contributed by atoms with Gasteiger partial charge in [0.1, 0.15) is 17.2 Å². The molecule has 3 heterocycles. The maximum Gasteiger partial charge on any atom is 0.412 e.